The standard InChI is InChI=1S/C23H22N6O4S/c1-22(2)21(25)28-23(13-34(22,31)32)12-33-11-15-4-5-16(7-17(15)23)26-20(30)18-10-29-9-14(8-24)3-6-19(29)27-18/h3-7,9-10H,11-13H2,1-2H3,(H2,25,28)(H,26,30). The van der Waals surface area contributed by atoms with Crippen molar-refractivity contribution < 1.29 is 17.9 Å². The van der Waals surface area contributed by atoms with E-state index in [1.807, 2.05) is 6.07 Å². The fraction of sp³-hybridized carbons (Fsp3) is 0.304. The van der Waals surface area contributed by atoms with E-state index in [-0.39, 0.29) is 23.9 Å². The zero-order valence-electron chi connectivity index (χ0n) is 18.6. The van der Waals surface area contributed by atoms with Gasteiger partial charge in [-0.2, -0.15) is 5.26 Å². The van der Waals surface area contributed by atoms with E-state index in [1.165, 1.54) is 0 Å². The van der Waals surface area contributed by atoms with E-state index in [0.717, 1.165) is 5.56 Å². The van der Waals surface area contributed by atoms with E-state index in [2.05, 4.69) is 15.3 Å². The van der Waals surface area contributed by atoms with Crippen LogP contribution in [-0.4, -0.2) is 46.7 Å². The summed E-state index contributed by atoms with van der Waals surface area (Å²) in [4.78, 5) is 21.8. The second kappa shape index (κ2) is 7.38. The normalized spacial score (nSPS) is 22.6. The zero-order chi connectivity index (χ0) is 24.3. The molecule has 2 aliphatic heterocycles. The van der Waals surface area contributed by atoms with Crippen LogP contribution in [0.25, 0.3) is 5.65 Å². The highest BCUT2D eigenvalue weighted by atomic mass is 32.2. The van der Waals surface area contributed by atoms with Crippen molar-refractivity contribution in [2.45, 2.75) is 30.7 Å². The first-order chi connectivity index (χ1) is 16.0. The number of pyridine rings is 1. The third kappa shape index (κ3) is 3.34. The monoisotopic (exact) mass is 478 g/mol. The fourth-order valence-corrected chi connectivity index (χ4v) is 5.90. The molecule has 3 N–H and O–H groups in total. The molecule has 0 fully saturated rings. The maximum Gasteiger partial charge on any atom is 0.275 e. The number of rotatable bonds is 2. The first-order valence-electron chi connectivity index (χ1n) is 10.5. The summed E-state index contributed by atoms with van der Waals surface area (Å²) in [5, 5.41) is 11.9. The first-order valence-corrected chi connectivity index (χ1v) is 12.2. The number of nitrogens with one attached hydrogen (secondary N) is 1. The van der Waals surface area contributed by atoms with Crippen LogP contribution >= 0.6 is 0 Å². The minimum atomic E-state index is -3.62. The molecule has 5 rings (SSSR count). The highest BCUT2D eigenvalue weighted by molar-refractivity contribution is 7.93. The lowest BCUT2D eigenvalue weighted by Crippen LogP contribution is -2.57. The molecule has 1 unspecified atom stereocenters. The van der Waals surface area contributed by atoms with Gasteiger partial charge in [-0.25, -0.2) is 13.4 Å². The molecule has 0 saturated carbocycles. The minimum Gasteiger partial charge on any atom is -0.386 e. The number of aliphatic imine (C=N–C) groups is 1. The number of nitrogens with zero attached hydrogens (tertiary/aromatic N) is 4. The SMILES string of the molecule is CC1(C)C(N)=NC2(COCc3ccc(NC(=O)c4cn5cc(C#N)ccc5n4)cc32)CS1(=O)=O. The average molecular weight is 479 g/mol. The Balaban J connectivity index is 1.50. The maximum absolute atomic E-state index is 13.1. The molecule has 1 amide bonds. The van der Waals surface area contributed by atoms with Gasteiger partial charge in [0.2, 0.25) is 0 Å². The number of benzene rings is 1. The summed E-state index contributed by atoms with van der Waals surface area (Å²) in [6, 6.07) is 10.6. The number of hydrogen-bond acceptors (Lipinski definition) is 8. The van der Waals surface area contributed by atoms with Gasteiger partial charge in [0.1, 0.15) is 33.5 Å². The predicted octanol–water partition coefficient (Wildman–Crippen LogP) is 1.75. The number of carbonyl (C=O) groups excluding carboxylic acids is 1. The summed E-state index contributed by atoms with van der Waals surface area (Å²) in [5.74, 6) is -0.652. The van der Waals surface area contributed by atoms with Crippen molar-refractivity contribution in [2.75, 3.05) is 17.7 Å². The molecular formula is C23H22N6O4S. The van der Waals surface area contributed by atoms with Gasteiger partial charge in [0, 0.05) is 18.1 Å². The smallest absolute Gasteiger partial charge is 0.275 e. The molecule has 1 aromatic carbocycles. The van der Waals surface area contributed by atoms with Gasteiger partial charge in [-0.3, -0.25) is 9.79 Å². The Bertz CT molecular complexity index is 1530. The second-order valence-corrected chi connectivity index (χ2v) is 11.6. The fourth-order valence-electron chi connectivity index (χ4n) is 4.25. The van der Waals surface area contributed by atoms with E-state index in [9.17, 15) is 13.2 Å². The molecule has 1 atom stereocenters. The van der Waals surface area contributed by atoms with E-state index < -0.39 is 26.0 Å². The maximum atomic E-state index is 13.1. The quantitative estimate of drug-likeness (QED) is 0.569. The summed E-state index contributed by atoms with van der Waals surface area (Å²) in [7, 11) is -3.62. The van der Waals surface area contributed by atoms with Crippen molar-refractivity contribution in [2.24, 2.45) is 10.7 Å². The van der Waals surface area contributed by atoms with E-state index in [4.69, 9.17) is 15.7 Å². The van der Waals surface area contributed by atoms with Gasteiger partial charge in [0.25, 0.3) is 5.91 Å². The average Bonchev–Trinajstić information content (AvgIpc) is 3.22. The Morgan fingerprint density at radius 2 is 2.06 bits per heavy atom. The Morgan fingerprint density at radius 1 is 1.26 bits per heavy atom. The molecule has 10 nitrogen and oxygen atoms in total. The van der Waals surface area contributed by atoms with Crippen molar-refractivity contribution in [1.82, 2.24) is 9.38 Å². The number of amides is 1. The molecule has 174 valence electrons. The molecule has 0 saturated heterocycles. The molecule has 0 aliphatic carbocycles. The second-order valence-electron chi connectivity index (χ2n) is 9.04. The molecule has 0 bridgehead atoms. The highest BCUT2D eigenvalue weighted by Gasteiger charge is 2.52. The Kier molecular flexibility index (Phi) is 4.79. The van der Waals surface area contributed by atoms with Gasteiger partial charge in [0.05, 0.1) is 24.5 Å². The number of ether oxygens (including phenoxy) is 1. The Morgan fingerprint density at radius 3 is 2.79 bits per heavy atom. The van der Waals surface area contributed by atoms with Crippen molar-refractivity contribution in [3.8, 4) is 6.07 Å². The lowest BCUT2D eigenvalue weighted by Gasteiger charge is -2.42. The van der Waals surface area contributed by atoms with Gasteiger partial charge < -0.3 is 20.2 Å². The van der Waals surface area contributed by atoms with Crippen LogP contribution in [0.15, 0.2) is 47.7 Å². The third-order valence-electron chi connectivity index (χ3n) is 6.44. The number of fused-ring (bicyclic) bond motifs is 3. The number of hydrogen-bond donors (Lipinski definition) is 2. The summed E-state index contributed by atoms with van der Waals surface area (Å²) in [5.41, 5.74) is 8.01. The number of nitriles is 1. The van der Waals surface area contributed by atoms with Crippen molar-refractivity contribution in [1.29, 1.82) is 5.26 Å². The van der Waals surface area contributed by atoms with Gasteiger partial charge in [0.15, 0.2) is 9.84 Å². The number of imidazole rings is 1. The molecule has 2 aromatic heterocycles. The first kappa shape index (κ1) is 22.1. The predicted molar refractivity (Wildman–Crippen MR) is 125 cm³/mol. The Hall–Kier alpha value is -3.75. The Labute approximate surface area is 196 Å². The van der Waals surface area contributed by atoms with Crippen LogP contribution < -0.4 is 11.1 Å². The summed E-state index contributed by atoms with van der Waals surface area (Å²) < 4.78 is 32.2. The molecule has 1 spiro atoms. The molecule has 11 heteroatoms. The molecule has 0 radical (unpaired) electrons. The molecule has 2 aliphatic rings. The molecular weight excluding hydrogens is 456 g/mol. The van der Waals surface area contributed by atoms with Gasteiger partial charge >= 0.3 is 0 Å². The van der Waals surface area contributed by atoms with Crippen LogP contribution in [0.1, 0.15) is 41.0 Å². The van der Waals surface area contributed by atoms with Crippen LogP contribution in [0.3, 0.4) is 0 Å². The minimum absolute atomic E-state index is 0.0334. The largest absolute Gasteiger partial charge is 0.386 e. The number of sulfone groups is 1. The van der Waals surface area contributed by atoms with Crippen molar-refractivity contribution >= 4 is 32.9 Å². The van der Waals surface area contributed by atoms with Crippen molar-refractivity contribution in [3.63, 3.8) is 0 Å². The van der Waals surface area contributed by atoms with Crippen LogP contribution in [0.5, 0.6) is 0 Å². The van der Waals surface area contributed by atoms with Crippen LogP contribution in [0.2, 0.25) is 0 Å². The number of nitrogens with two attached hydrogens (primary N) is 1. The van der Waals surface area contributed by atoms with Crippen LogP contribution in [-0.2, 0) is 26.7 Å². The van der Waals surface area contributed by atoms with Gasteiger partial charge in [-0.05, 0) is 49.2 Å². The zero-order valence-corrected chi connectivity index (χ0v) is 19.4. The number of aromatic nitrogens is 2. The lowest BCUT2D eigenvalue weighted by molar-refractivity contribution is 0.0610. The highest BCUT2D eigenvalue weighted by Crippen LogP contribution is 2.42. The van der Waals surface area contributed by atoms with Crippen molar-refractivity contribution in [3.05, 3.63) is 65.1 Å². The van der Waals surface area contributed by atoms with E-state index in [0.29, 0.717) is 29.1 Å². The molecule has 4 heterocycles. The summed E-state index contributed by atoms with van der Waals surface area (Å²) >= 11 is 0. The molecule has 3 aromatic rings. The number of amidine groups is 1. The number of anilines is 1. The topological polar surface area (TPSA) is 152 Å². The van der Waals surface area contributed by atoms with Gasteiger partial charge in [-0.1, -0.05) is 6.07 Å². The molecule has 34 heavy (non-hydrogen) atoms. The number of carbonyl (C=O) groups is 1. The summed E-state index contributed by atoms with van der Waals surface area (Å²) in [6.07, 6.45) is 3.13. The van der Waals surface area contributed by atoms with E-state index in [1.54, 1.807) is 61.0 Å². The van der Waals surface area contributed by atoms with Crippen LogP contribution in [0, 0.1) is 11.3 Å². The van der Waals surface area contributed by atoms with Gasteiger partial charge in [-0.15, -0.1) is 0 Å². The third-order valence-corrected chi connectivity index (χ3v) is 9.06. The van der Waals surface area contributed by atoms with Crippen LogP contribution in [0.4, 0.5) is 5.69 Å². The summed E-state index contributed by atoms with van der Waals surface area (Å²) in [6.45, 7) is 3.46. The van der Waals surface area contributed by atoms with E-state index >= 15 is 0 Å². The lowest BCUT2D eigenvalue weighted by atomic mass is 9.86.